The van der Waals surface area contributed by atoms with Gasteiger partial charge in [0.05, 0.1) is 13.2 Å². The highest BCUT2D eigenvalue weighted by Gasteiger charge is 2.01. The zero-order valence-electron chi connectivity index (χ0n) is 13.2. The third kappa shape index (κ3) is 7.51. The van der Waals surface area contributed by atoms with Crippen LogP contribution in [-0.2, 0) is 11.3 Å². The SMILES string of the molecule is CCCCCCOc1ccc(CN[C@H](C)COC)cc1. The van der Waals surface area contributed by atoms with Gasteiger partial charge in [0.2, 0.25) is 0 Å². The van der Waals surface area contributed by atoms with Crippen molar-refractivity contribution in [3.05, 3.63) is 29.8 Å². The largest absolute Gasteiger partial charge is 0.494 e. The maximum atomic E-state index is 5.73. The van der Waals surface area contributed by atoms with Crippen LogP contribution in [0, 0.1) is 0 Å². The number of unbranched alkanes of at least 4 members (excludes halogenated alkanes) is 3. The third-order valence-corrected chi connectivity index (χ3v) is 3.26. The molecular weight excluding hydrogens is 250 g/mol. The summed E-state index contributed by atoms with van der Waals surface area (Å²) < 4.78 is 10.8. The van der Waals surface area contributed by atoms with Gasteiger partial charge in [-0.1, -0.05) is 38.3 Å². The minimum atomic E-state index is 0.370. The minimum Gasteiger partial charge on any atom is -0.494 e. The fourth-order valence-electron chi connectivity index (χ4n) is 2.02. The zero-order valence-corrected chi connectivity index (χ0v) is 13.2. The first-order valence-electron chi connectivity index (χ1n) is 7.70. The van der Waals surface area contributed by atoms with Crippen LogP contribution in [0.15, 0.2) is 24.3 Å². The molecule has 1 rings (SSSR count). The Hall–Kier alpha value is -1.06. The molecule has 0 aliphatic rings. The first-order chi connectivity index (χ1) is 9.76. The summed E-state index contributed by atoms with van der Waals surface area (Å²) in [5.74, 6) is 0.968. The summed E-state index contributed by atoms with van der Waals surface area (Å²) in [6.07, 6.45) is 4.97. The van der Waals surface area contributed by atoms with Gasteiger partial charge >= 0.3 is 0 Å². The summed E-state index contributed by atoms with van der Waals surface area (Å²) in [5, 5.41) is 3.42. The molecule has 0 aliphatic heterocycles. The molecule has 0 aromatic heterocycles. The van der Waals surface area contributed by atoms with Crippen molar-refractivity contribution in [1.29, 1.82) is 0 Å². The van der Waals surface area contributed by atoms with Gasteiger partial charge in [0.25, 0.3) is 0 Å². The average Bonchev–Trinajstić information content (AvgIpc) is 2.46. The predicted octanol–water partition coefficient (Wildman–Crippen LogP) is 3.77. The monoisotopic (exact) mass is 279 g/mol. The van der Waals surface area contributed by atoms with E-state index in [4.69, 9.17) is 9.47 Å². The molecule has 0 fully saturated rings. The summed E-state index contributed by atoms with van der Waals surface area (Å²) >= 11 is 0. The molecule has 0 aliphatic carbocycles. The van der Waals surface area contributed by atoms with Crippen LogP contribution in [0.3, 0.4) is 0 Å². The van der Waals surface area contributed by atoms with Gasteiger partial charge in [-0.15, -0.1) is 0 Å². The lowest BCUT2D eigenvalue weighted by molar-refractivity contribution is 0.171. The first kappa shape index (κ1) is 17.0. The van der Waals surface area contributed by atoms with Crippen LogP contribution in [0.1, 0.15) is 45.1 Å². The van der Waals surface area contributed by atoms with Crippen molar-refractivity contribution in [2.75, 3.05) is 20.3 Å². The van der Waals surface area contributed by atoms with Crippen LogP contribution < -0.4 is 10.1 Å². The Kier molecular flexibility index (Phi) is 9.09. The second-order valence-corrected chi connectivity index (χ2v) is 5.29. The van der Waals surface area contributed by atoms with Crippen molar-refractivity contribution in [3.8, 4) is 5.75 Å². The highest BCUT2D eigenvalue weighted by atomic mass is 16.5. The maximum absolute atomic E-state index is 5.73. The van der Waals surface area contributed by atoms with Crippen LogP contribution in [-0.4, -0.2) is 26.4 Å². The molecule has 0 unspecified atom stereocenters. The molecule has 114 valence electrons. The maximum Gasteiger partial charge on any atom is 0.119 e. The molecule has 1 N–H and O–H groups in total. The standard InChI is InChI=1S/C17H29NO2/c1-4-5-6-7-12-20-17-10-8-16(9-11-17)13-18-15(2)14-19-3/h8-11,15,18H,4-7,12-14H2,1-3H3/t15-/m1/s1. The van der Waals surface area contributed by atoms with Crippen LogP contribution in [0.25, 0.3) is 0 Å². The molecule has 0 bridgehead atoms. The van der Waals surface area contributed by atoms with Gasteiger partial charge in [-0.3, -0.25) is 0 Å². The highest BCUT2D eigenvalue weighted by molar-refractivity contribution is 5.27. The van der Waals surface area contributed by atoms with Crippen molar-refractivity contribution in [3.63, 3.8) is 0 Å². The summed E-state index contributed by atoms with van der Waals surface area (Å²) in [6, 6.07) is 8.71. The number of methoxy groups -OCH3 is 1. The van der Waals surface area contributed by atoms with E-state index in [0.717, 1.165) is 31.9 Å². The number of ether oxygens (including phenoxy) is 2. The predicted molar refractivity (Wildman–Crippen MR) is 84.3 cm³/mol. The number of benzene rings is 1. The van der Waals surface area contributed by atoms with Gasteiger partial charge in [0.1, 0.15) is 5.75 Å². The number of nitrogens with one attached hydrogen (secondary N) is 1. The molecule has 0 spiro atoms. The quantitative estimate of drug-likeness (QED) is 0.625. The summed E-state index contributed by atoms with van der Waals surface area (Å²) in [6.45, 7) is 6.77. The molecule has 0 saturated carbocycles. The van der Waals surface area contributed by atoms with Crippen LogP contribution in [0.4, 0.5) is 0 Å². The molecule has 3 heteroatoms. The molecule has 0 saturated heterocycles. The fourth-order valence-corrected chi connectivity index (χ4v) is 2.02. The lowest BCUT2D eigenvalue weighted by atomic mass is 10.2. The lowest BCUT2D eigenvalue weighted by Crippen LogP contribution is -2.29. The molecule has 20 heavy (non-hydrogen) atoms. The van der Waals surface area contributed by atoms with Crippen molar-refractivity contribution in [2.45, 2.75) is 52.1 Å². The normalized spacial score (nSPS) is 12.3. The Labute approximate surface area is 123 Å². The van der Waals surface area contributed by atoms with Crippen LogP contribution >= 0.6 is 0 Å². The second kappa shape index (κ2) is 10.7. The van der Waals surface area contributed by atoms with Gasteiger partial charge in [-0.25, -0.2) is 0 Å². The fraction of sp³-hybridized carbons (Fsp3) is 0.647. The Morgan fingerprint density at radius 3 is 2.50 bits per heavy atom. The van der Waals surface area contributed by atoms with Crippen molar-refractivity contribution in [1.82, 2.24) is 5.32 Å². The van der Waals surface area contributed by atoms with Gasteiger partial charge in [-0.2, -0.15) is 0 Å². The number of hydrogen-bond donors (Lipinski definition) is 1. The molecule has 0 amide bonds. The summed E-state index contributed by atoms with van der Waals surface area (Å²) in [5.41, 5.74) is 1.27. The van der Waals surface area contributed by atoms with E-state index < -0.39 is 0 Å². The summed E-state index contributed by atoms with van der Waals surface area (Å²) in [7, 11) is 1.73. The molecule has 3 nitrogen and oxygen atoms in total. The van der Waals surface area contributed by atoms with Crippen molar-refractivity contribution < 1.29 is 9.47 Å². The van der Waals surface area contributed by atoms with Gasteiger partial charge in [-0.05, 0) is 31.0 Å². The lowest BCUT2D eigenvalue weighted by Gasteiger charge is -2.13. The topological polar surface area (TPSA) is 30.5 Å². The van der Waals surface area contributed by atoms with E-state index in [1.165, 1.54) is 24.8 Å². The Bertz CT molecular complexity index is 337. The Morgan fingerprint density at radius 2 is 1.85 bits per heavy atom. The minimum absolute atomic E-state index is 0.370. The molecular formula is C17H29NO2. The van der Waals surface area contributed by atoms with E-state index >= 15 is 0 Å². The molecule has 0 heterocycles. The van der Waals surface area contributed by atoms with E-state index in [9.17, 15) is 0 Å². The van der Waals surface area contributed by atoms with Crippen LogP contribution in [0.2, 0.25) is 0 Å². The first-order valence-corrected chi connectivity index (χ1v) is 7.70. The van der Waals surface area contributed by atoms with Crippen LogP contribution in [0.5, 0.6) is 5.75 Å². The number of rotatable bonds is 11. The average molecular weight is 279 g/mol. The van der Waals surface area contributed by atoms with Gasteiger partial charge < -0.3 is 14.8 Å². The Balaban J connectivity index is 2.22. The van der Waals surface area contributed by atoms with Crippen molar-refractivity contribution in [2.24, 2.45) is 0 Å². The van der Waals surface area contributed by atoms with E-state index in [0.29, 0.717) is 6.04 Å². The van der Waals surface area contributed by atoms with E-state index in [1.54, 1.807) is 7.11 Å². The molecule has 1 atom stereocenters. The smallest absolute Gasteiger partial charge is 0.119 e. The molecule has 1 aromatic rings. The second-order valence-electron chi connectivity index (χ2n) is 5.29. The highest BCUT2D eigenvalue weighted by Crippen LogP contribution is 2.13. The molecule has 0 radical (unpaired) electrons. The van der Waals surface area contributed by atoms with Crippen molar-refractivity contribution >= 4 is 0 Å². The van der Waals surface area contributed by atoms with E-state index in [2.05, 4.69) is 43.4 Å². The summed E-state index contributed by atoms with van der Waals surface area (Å²) in [4.78, 5) is 0. The molecule has 1 aromatic carbocycles. The number of hydrogen-bond acceptors (Lipinski definition) is 3. The Morgan fingerprint density at radius 1 is 1.10 bits per heavy atom. The van der Waals surface area contributed by atoms with E-state index in [1.807, 2.05) is 0 Å². The van der Waals surface area contributed by atoms with E-state index in [-0.39, 0.29) is 0 Å². The zero-order chi connectivity index (χ0) is 14.6. The van der Waals surface area contributed by atoms with Gasteiger partial charge in [0, 0.05) is 19.7 Å². The van der Waals surface area contributed by atoms with Gasteiger partial charge in [0.15, 0.2) is 0 Å². The third-order valence-electron chi connectivity index (χ3n) is 3.26.